The molecule has 2 rings (SSSR count). The van der Waals surface area contributed by atoms with Gasteiger partial charge in [-0.15, -0.1) is 0 Å². The predicted octanol–water partition coefficient (Wildman–Crippen LogP) is 5.56. The zero-order valence-corrected chi connectivity index (χ0v) is 14.9. The molecule has 0 atom stereocenters. The highest BCUT2D eigenvalue weighted by atomic mass is 79.9. The zero-order valence-electron chi connectivity index (χ0n) is 11.8. The second-order valence-corrected chi connectivity index (χ2v) is 6.97. The minimum atomic E-state index is 0.141. The first-order valence-corrected chi connectivity index (χ1v) is 8.01. The SMILES string of the molecule is Cc1cc(C)c(CC(=O)c2cc(Br)cc(Br)c2)c(C)c1. The smallest absolute Gasteiger partial charge is 0.167 e. The zero-order chi connectivity index (χ0) is 14.9. The summed E-state index contributed by atoms with van der Waals surface area (Å²) in [6, 6.07) is 9.93. The van der Waals surface area contributed by atoms with E-state index in [0.29, 0.717) is 6.42 Å². The number of carbonyl (C=O) groups is 1. The lowest BCUT2D eigenvalue weighted by Gasteiger charge is -2.11. The second-order valence-electron chi connectivity index (χ2n) is 5.14. The molecule has 1 nitrogen and oxygen atoms in total. The van der Waals surface area contributed by atoms with Crippen molar-refractivity contribution in [1.82, 2.24) is 0 Å². The monoisotopic (exact) mass is 394 g/mol. The maximum absolute atomic E-state index is 12.5. The van der Waals surface area contributed by atoms with Crippen molar-refractivity contribution in [3.05, 3.63) is 67.1 Å². The van der Waals surface area contributed by atoms with Crippen LogP contribution in [-0.2, 0) is 6.42 Å². The van der Waals surface area contributed by atoms with Crippen LogP contribution >= 0.6 is 31.9 Å². The number of halogens is 2. The van der Waals surface area contributed by atoms with E-state index in [1.807, 2.05) is 18.2 Å². The average molecular weight is 396 g/mol. The van der Waals surface area contributed by atoms with E-state index < -0.39 is 0 Å². The van der Waals surface area contributed by atoms with E-state index >= 15 is 0 Å². The van der Waals surface area contributed by atoms with Gasteiger partial charge in [-0.2, -0.15) is 0 Å². The number of rotatable bonds is 3. The molecule has 0 amide bonds. The molecule has 0 fully saturated rings. The summed E-state index contributed by atoms with van der Waals surface area (Å²) in [6.45, 7) is 6.22. The van der Waals surface area contributed by atoms with Crippen LogP contribution in [-0.4, -0.2) is 5.78 Å². The van der Waals surface area contributed by atoms with Crippen molar-refractivity contribution >= 4 is 37.6 Å². The third-order valence-corrected chi connectivity index (χ3v) is 4.28. The van der Waals surface area contributed by atoms with Gasteiger partial charge in [0, 0.05) is 20.9 Å². The Balaban J connectivity index is 2.32. The lowest BCUT2D eigenvalue weighted by atomic mass is 9.94. The van der Waals surface area contributed by atoms with Gasteiger partial charge in [0.15, 0.2) is 5.78 Å². The predicted molar refractivity (Wildman–Crippen MR) is 90.5 cm³/mol. The Morgan fingerprint density at radius 2 is 1.40 bits per heavy atom. The maximum Gasteiger partial charge on any atom is 0.167 e. The Labute approximate surface area is 136 Å². The Kier molecular flexibility index (Phi) is 4.82. The van der Waals surface area contributed by atoms with Gasteiger partial charge in [0.2, 0.25) is 0 Å². The van der Waals surface area contributed by atoms with Crippen LogP contribution in [0.2, 0.25) is 0 Å². The van der Waals surface area contributed by atoms with Crippen molar-refractivity contribution in [3.8, 4) is 0 Å². The number of Topliss-reactive ketones (excluding diaryl/α,β-unsaturated/α-hetero) is 1. The molecule has 3 heteroatoms. The molecular formula is C17H16Br2O. The summed E-state index contributed by atoms with van der Waals surface area (Å²) >= 11 is 6.85. The molecular weight excluding hydrogens is 380 g/mol. The van der Waals surface area contributed by atoms with Crippen LogP contribution in [0.1, 0.15) is 32.6 Å². The standard InChI is InChI=1S/C17H16Br2O/c1-10-4-11(2)16(12(3)5-10)9-17(20)13-6-14(18)8-15(19)7-13/h4-8H,9H2,1-3H3. The number of ketones is 1. The molecule has 0 aromatic heterocycles. The normalized spacial score (nSPS) is 10.7. The van der Waals surface area contributed by atoms with Gasteiger partial charge in [-0.1, -0.05) is 49.6 Å². The molecule has 0 aliphatic rings. The first-order chi connectivity index (χ1) is 9.36. The van der Waals surface area contributed by atoms with E-state index in [1.54, 1.807) is 0 Å². The van der Waals surface area contributed by atoms with Gasteiger partial charge in [-0.3, -0.25) is 4.79 Å². The summed E-state index contributed by atoms with van der Waals surface area (Å²) in [5, 5.41) is 0. The molecule has 104 valence electrons. The maximum atomic E-state index is 12.5. The van der Waals surface area contributed by atoms with E-state index in [-0.39, 0.29) is 5.78 Å². The van der Waals surface area contributed by atoms with Crippen LogP contribution in [0, 0.1) is 20.8 Å². The molecule has 0 aliphatic carbocycles. The molecule has 0 radical (unpaired) electrons. The number of hydrogen-bond donors (Lipinski definition) is 0. The van der Waals surface area contributed by atoms with Crippen molar-refractivity contribution in [1.29, 1.82) is 0 Å². The van der Waals surface area contributed by atoms with Crippen LogP contribution in [0.4, 0.5) is 0 Å². The van der Waals surface area contributed by atoms with Crippen molar-refractivity contribution in [2.24, 2.45) is 0 Å². The largest absolute Gasteiger partial charge is 0.294 e. The highest BCUT2D eigenvalue weighted by Gasteiger charge is 2.12. The summed E-state index contributed by atoms with van der Waals surface area (Å²) in [6.07, 6.45) is 0.445. The van der Waals surface area contributed by atoms with Crippen LogP contribution in [0.5, 0.6) is 0 Å². The minimum absolute atomic E-state index is 0.141. The van der Waals surface area contributed by atoms with Crippen LogP contribution in [0.15, 0.2) is 39.3 Å². The van der Waals surface area contributed by atoms with E-state index in [0.717, 1.165) is 20.1 Å². The molecule has 0 aliphatic heterocycles. The summed E-state index contributed by atoms with van der Waals surface area (Å²) in [7, 11) is 0. The first-order valence-electron chi connectivity index (χ1n) is 6.43. The average Bonchev–Trinajstić information content (AvgIpc) is 2.32. The van der Waals surface area contributed by atoms with E-state index in [9.17, 15) is 4.79 Å². The molecule has 20 heavy (non-hydrogen) atoms. The summed E-state index contributed by atoms with van der Waals surface area (Å²) < 4.78 is 1.82. The van der Waals surface area contributed by atoms with Gasteiger partial charge in [-0.05, 0) is 55.7 Å². The van der Waals surface area contributed by atoms with E-state index in [4.69, 9.17) is 0 Å². The number of aryl methyl sites for hydroxylation is 3. The van der Waals surface area contributed by atoms with E-state index in [2.05, 4.69) is 64.8 Å². The van der Waals surface area contributed by atoms with Gasteiger partial charge < -0.3 is 0 Å². The van der Waals surface area contributed by atoms with Gasteiger partial charge in [-0.25, -0.2) is 0 Å². The quantitative estimate of drug-likeness (QED) is 0.621. The fraction of sp³-hybridized carbons (Fsp3) is 0.235. The van der Waals surface area contributed by atoms with Gasteiger partial charge in [0.1, 0.15) is 0 Å². The first kappa shape index (κ1) is 15.5. The Bertz CT molecular complexity index is 631. The molecule has 0 bridgehead atoms. The lowest BCUT2D eigenvalue weighted by molar-refractivity contribution is 0.0992. The molecule has 0 saturated heterocycles. The van der Waals surface area contributed by atoms with Crippen LogP contribution in [0.25, 0.3) is 0 Å². The van der Waals surface area contributed by atoms with Crippen molar-refractivity contribution in [3.63, 3.8) is 0 Å². The summed E-state index contributed by atoms with van der Waals surface area (Å²) in [5.41, 5.74) is 5.47. The molecule has 0 heterocycles. The number of carbonyl (C=O) groups excluding carboxylic acids is 1. The Morgan fingerprint density at radius 3 is 1.90 bits per heavy atom. The molecule has 2 aromatic carbocycles. The second kappa shape index (κ2) is 6.23. The molecule has 0 saturated carbocycles. The van der Waals surface area contributed by atoms with Gasteiger partial charge in [0.25, 0.3) is 0 Å². The Morgan fingerprint density at radius 1 is 0.900 bits per heavy atom. The third kappa shape index (κ3) is 3.58. The molecule has 0 N–H and O–H groups in total. The van der Waals surface area contributed by atoms with Crippen molar-refractivity contribution in [2.45, 2.75) is 27.2 Å². The van der Waals surface area contributed by atoms with Crippen molar-refractivity contribution in [2.75, 3.05) is 0 Å². The summed E-state index contributed by atoms with van der Waals surface area (Å²) in [4.78, 5) is 12.5. The minimum Gasteiger partial charge on any atom is -0.294 e. The number of hydrogen-bond acceptors (Lipinski definition) is 1. The van der Waals surface area contributed by atoms with Crippen LogP contribution in [0.3, 0.4) is 0 Å². The van der Waals surface area contributed by atoms with Crippen LogP contribution < -0.4 is 0 Å². The molecule has 0 spiro atoms. The lowest BCUT2D eigenvalue weighted by Crippen LogP contribution is -2.07. The highest BCUT2D eigenvalue weighted by molar-refractivity contribution is 9.11. The molecule has 0 unspecified atom stereocenters. The fourth-order valence-corrected chi connectivity index (χ4v) is 3.76. The fourth-order valence-electron chi connectivity index (χ4n) is 2.47. The third-order valence-electron chi connectivity index (χ3n) is 3.36. The topological polar surface area (TPSA) is 17.1 Å². The molecule has 2 aromatic rings. The Hall–Kier alpha value is -0.930. The highest BCUT2D eigenvalue weighted by Crippen LogP contribution is 2.23. The van der Waals surface area contributed by atoms with Crippen molar-refractivity contribution < 1.29 is 4.79 Å². The van der Waals surface area contributed by atoms with E-state index in [1.165, 1.54) is 16.7 Å². The van der Waals surface area contributed by atoms with Gasteiger partial charge in [0.05, 0.1) is 0 Å². The van der Waals surface area contributed by atoms with Gasteiger partial charge >= 0.3 is 0 Å². The summed E-state index contributed by atoms with van der Waals surface area (Å²) in [5.74, 6) is 0.141. The number of benzene rings is 2.